The fourth-order valence-electron chi connectivity index (χ4n) is 3.02. The number of halogens is 1. The molecule has 1 aromatic rings. The van der Waals surface area contributed by atoms with Crippen LogP contribution in [0.2, 0.25) is 0 Å². The van der Waals surface area contributed by atoms with Gasteiger partial charge in [0.1, 0.15) is 0 Å². The number of hydrogen-bond acceptors (Lipinski definition) is 3. The Kier molecular flexibility index (Phi) is 6.46. The first-order valence-corrected chi connectivity index (χ1v) is 8.01. The molecular weight excluding hydrogens is 267 g/mol. The largest absolute Gasteiger partial charge is 0.494 e. The van der Waals surface area contributed by atoms with Gasteiger partial charge < -0.3 is 10.1 Å². The third-order valence-corrected chi connectivity index (χ3v) is 4.09. The van der Waals surface area contributed by atoms with Gasteiger partial charge in [-0.2, -0.15) is 0 Å². The number of hydrogen-bond donors (Lipinski definition) is 1. The van der Waals surface area contributed by atoms with Crippen LogP contribution in [0.3, 0.4) is 0 Å². The fourth-order valence-corrected chi connectivity index (χ4v) is 3.02. The van der Waals surface area contributed by atoms with Crippen LogP contribution in [0.25, 0.3) is 0 Å². The number of piperidine rings is 1. The standard InChI is InChI=1S/C17H27FN2O/c1-3-11-20(13-15-8-4-5-10-19-15)12-14-7-6-9-16(21-2)17(14)18/h6-7,9,15,19H,3-5,8,10-13H2,1-2H3. The van der Waals surface area contributed by atoms with E-state index in [0.29, 0.717) is 18.3 Å². The van der Waals surface area contributed by atoms with Crippen molar-refractivity contribution < 1.29 is 9.13 Å². The van der Waals surface area contributed by atoms with Gasteiger partial charge in [0.15, 0.2) is 11.6 Å². The summed E-state index contributed by atoms with van der Waals surface area (Å²) in [5.41, 5.74) is 0.721. The number of benzene rings is 1. The summed E-state index contributed by atoms with van der Waals surface area (Å²) in [5.74, 6) is 0.109. The molecule has 0 aliphatic carbocycles. The summed E-state index contributed by atoms with van der Waals surface area (Å²) >= 11 is 0. The van der Waals surface area contributed by atoms with Crippen LogP contribution in [0.1, 0.15) is 38.2 Å². The molecule has 4 heteroatoms. The van der Waals surface area contributed by atoms with E-state index < -0.39 is 0 Å². The molecule has 0 spiro atoms. The Morgan fingerprint density at radius 2 is 2.24 bits per heavy atom. The minimum Gasteiger partial charge on any atom is -0.494 e. The molecule has 21 heavy (non-hydrogen) atoms. The van der Waals surface area contributed by atoms with Crippen molar-refractivity contribution in [2.75, 3.05) is 26.7 Å². The summed E-state index contributed by atoms with van der Waals surface area (Å²) in [6.07, 6.45) is 4.87. The van der Waals surface area contributed by atoms with Crippen LogP contribution in [-0.2, 0) is 6.54 Å². The van der Waals surface area contributed by atoms with Crippen LogP contribution in [0.5, 0.6) is 5.75 Å². The van der Waals surface area contributed by atoms with Crippen molar-refractivity contribution in [1.29, 1.82) is 0 Å². The molecule has 1 unspecified atom stereocenters. The highest BCUT2D eigenvalue weighted by atomic mass is 19.1. The maximum Gasteiger partial charge on any atom is 0.169 e. The molecule has 1 aliphatic heterocycles. The second kappa shape index (κ2) is 8.35. The number of nitrogens with zero attached hydrogens (tertiary/aromatic N) is 1. The minimum atomic E-state index is -0.224. The normalized spacial score (nSPS) is 19.0. The van der Waals surface area contributed by atoms with Crippen molar-refractivity contribution in [1.82, 2.24) is 10.2 Å². The van der Waals surface area contributed by atoms with E-state index in [9.17, 15) is 4.39 Å². The Labute approximate surface area is 127 Å². The maximum absolute atomic E-state index is 14.3. The van der Waals surface area contributed by atoms with E-state index >= 15 is 0 Å². The maximum atomic E-state index is 14.3. The zero-order valence-electron chi connectivity index (χ0n) is 13.2. The average Bonchev–Trinajstić information content (AvgIpc) is 2.50. The van der Waals surface area contributed by atoms with Crippen molar-refractivity contribution in [3.05, 3.63) is 29.6 Å². The predicted octanol–water partition coefficient (Wildman–Crippen LogP) is 3.19. The van der Waals surface area contributed by atoms with Crippen LogP contribution in [0, 0.1) is 5.82 Å². The first kappa shape index (κ1) is 16.2. The molecule has 3 nitrogen and oxygen atoms in total. The number of rotatable bonds is 7. The molecule has 1 aliphatic rings. The molecule has 2 rings (SSSR count). The second-order valence-electron chi connectivity index (χ2n) is 5.82. The first-order valence-electron chi connectivity index (χ1n) is 8.01. The van der Waals surface area contributed by atoms with Gasteiger partial charge in [-0.3, -0.25) is 4.90 Å². The van der Waals surface area contributed by atoms with Crippen LogP contribution in [0.4, 0.5) is 4.39 Å². The van der Waals surface area contributed by atoms with E-state index in [4.69, 9.17) is 4.74 Å². The zero-order chi connectivity index (χ0) is 15.1. The van der Waals surface area contributed by atoms with E-state index in [1.165, 1.54) is 26.4 Å². The van der Waals surface area contributed by atoms with Crippen LogP contribution in [-0.4, -0.2) is 37.7 Å². The second-order valence-corrected chi connectivity index (χ2v) is 5.82. The smallest absolute Gasteiger partial charge is 0.169 e. The highest BCUT2D eigenvalue weighted by Gasteiger charge is 2.18. The number of methoxy groups -OCH3 is 1. The molecule has 0 radical (unpaired) electrons. The monoisotopic (exact) mass is 294 g/mol. The Morgan fingerprint density at radius 1 is 1.38 bits per heavy atom. The first-order chi connectivity index (χ1) is 10.2. The molecule has 0 aromatic heterocycles. The lowest BCUT2D eigenvalue weighted by Crippen LogP contribution is -2.43. The van der Waals surface area contributed by atoms with Gasteiger partial charge in [-0.15, -0.1) is 0 Å². The van der Waals surface area contributed by atoms with Gasteiger partial charge in [0.25, 0.3) is 0 Å². The summed E-state index contributed by atoms with van der Waals surface area (Å²) in [6, 6.07) is 5.93. The van der Waals surface area contributed by atoms with Crippen molar-refractivity contribution in [2.45, 2.75) is 45.2 Å². The topological polar surface area (TPSA) is 24.5 Å². The summed E-state index contributed by atoms with van der Waals surface area (Å²) in [5, 5.41) is 3.57. The van der Waals surface area contributed by atoms with Gasteiger partial charge in [0.05, 0.1) is 7.11 Å². The lowest BCUT2D eigenvalue weighted by atomic mass is 10.0. The highest BCUT2D eigenvalue weighted by Crippen LogP contribution is 2.21. The Morgan fingerprint density at radius 3 is 2.90 bits per heavy atom. The van der Waals surface area contributed by atoms with E-state index in [0.717, 1.165) is 31.6 Å². The van der Waals surface area contributed by atoms with E-state index in [1.807, 2.05) is 12.1 Å². The van der Waals surface area contributed by atoms with Crippen molar-refractivity contribution >= 4 is 0 Å². The minimum absolute atomic E-state index is 0.224. The zero-order valence-corrected chi connectivity index (χ0v) is 13.2. The van der Waals surface area contributed by atoms with Gasteiger partial charge in [0, 0.05) is 24.7 Å². The van der Waals surface area contributed by atoms with Crippen LogP contribution in [0.15, 0.2) is 18.2 Å². The molecule has 1 fully saturated rings. The fraction of sp³-hybridized carbons (Fsp3) is 0.647. The van der Waals surface area contributed by atoms with Gasteiger partial charge in [-0.1, -0.05) is 25.5 Å². The molecule has 1 saturated heterocycles. The van der Waals surface area contributed by atoms with Crippen LogP contribution < -0.4 is 10.1 Å². The summed E-state index contributed by atoms with van der Waals surface area (Å²) in [7, 11) is 1.51. The highest BCUT2D eigenvalue weighted by molar-refractivity contribution is 5.31. The molecule has 1 heterocycles. The summed E-state index contributed by atoms with van der Waals surface area (Å²) < 4.78 is 19.4. The summed E-state index contributed by atoms with van der Waals surface area (Å²) in [6.45, 7) is 5.91. The Bertz CT molecular complexity index is 433. The SMILES string of the molecule is CCCN(Cc1cccc(OC)c1F)CC1CCCCN1. The molecule has 1 atom stereocenters. The molecule has 0 saturated carbocycles. The Hall–Kier alpha value is -1.13. The van der Waals surface area contributed by atoms with E-state index in [2.05, 4.69) is 17.1 Å². The van der Waals surface area contributed by atoms with Crippen molar-refractivity contribution in [3.63, 3.8) is 0 Å². The third kappa shape index (κ3) is 4.68. The van der Waals surface area contributed by atoms with E-state index in [-0.39, 0.29) is 5.82 Å². The van der Waals surface area contributed by atoms with Gasteiger partial charge in [0.2, 0.25) is 0 Å². The number of ether oxygens (including phenoxy) is 1. The van der Waals surface area contributed by atoms with E-state index in [1.54, 1.807) is 6.07 Å². The van der Waals surface area contributed by atoms with Gasteiger partial charge in [-0.05, 0) is 38.4 Å². The molecule has 0 amide bonds. The molecule has 118 valence electrons. The van der Waals surface area contributed by atoms with Gasteiger partial charge >= 0.3 is 0 Å². The lowest BCUT2D eigenvalue weighted by Gasteiger charge is -2.30. The van der Waals surface area contributed by atoms with Crippen molar-refractivity contribution in [3.8, 4) is 5.75 Å². The average molecular weight is 294 g/mol. The molecule has 1 aromatic carbocycles. The lowest BCUT2D eigenvalue weighted by molar-refractivity contribution is 0.214. The van der Waals surface area contributed by atoms with Crippen LogP contribution >= 0.6 is 0 Å². The summed E-state index contributed by atoms with van der Waals surface area (Å²) in [4.78, 5) is 2.35. The predicted molar refractivity (Wildman–Crippen MR) is 84.2 cm³/mol. The third-order valence-electron chi connectivity index (χ3n) is 4.09. The van der Waals surface area contributed by atoms with Crippen molar-refractivity contribution in [2.24, 2.45) is 0 Å². The molecule has 0 bridgehead atoms. The Balaban J connectivity index is 2.01. The van der Waals surface area contributed by atoms with Gasteiger partial charge in [-0.25, -0.2) is 4.39 Å². The quantitative estimate of drug-likeness (QED) is 0.836. The number of nitrogens with one attached hydrogen (secondary N) is 1. The molecular formula is C17H27FN2O. The molecule has 1 N–H and O–H groups in total.